The molecule has 1 unspecified atom stereocenters. The zero-order chi connectivity index (χ0) is 26.3. The van der Waals surface area contributed by atoms with E-state index in [1.165, 1.54) is 6.20 Å². The van der Waals surface area contributed by atoms with Crippen molar-refractivity contribution >= 4 is 46.6 Å². The Morgan fingerprint density at radius 1 is 1.22 bits per heavy atom. The Kier molecular flexibility index (Phi) is 6.96. The number of rotatable bonds is 8. The summed E-state index contributed by atoms with van der Waals surface area (Å²) in [6, 6.07) is 3.68. The number of benzene rings is 1. The number of nitrogens with two attached hydrogens (primary N) is 1. The number of nitrogens with one attached hydrogen (secondary N) is 2. The van der Waals surface area contributed by atoms with Gasteiger partial charge in [0.15, 0.2) is 5.82 Å². The van der Waals surface area contributed by atoms with Gasteiger partial charge in [-0.15, -0.1) is 0 Å². The molecular formula is C26H32ClN7O3. The molecule has 37 heavy (non-hydrogen) atoms. The number of ether oxygens (including phenoxy) is 1. The number of methoxy groups -OCH3 is 1. The lowest BCUT2D eigenvalue weighted by Gasteiger charge is -2.27. The van der Waals surface area contributed by atoms with Crippen molar-refractivity contribution in [1.29, 1.82) is 0 Å². The molecule has 4 N–H and O–H groups in total. The molecule has 5 rings (SSSR count). The van der Waals surface area contributed by atoms with Gasteiger partial charge in [-0.05, 0) is 49.4 Å². The Bertz CT molecular complexity index is 1250. The SMILES string of the molecule is CCN1CC(=O)N(CC)c2cc(Nc3ncc(Cl)c(NC4[C@H]5C=C[C@H](C5)[C@H]4C(N)=O)n3)c(OC)cc2C1. The normalized spacial score (nSPS) is 24.6. The zero-order valence-electron chi connectivity index (χ0n) is 21.2. The van der Waals surface area contributed by atoms with Gasteiger partial charge in [0.1, 0.15) is 10.8 Å². The fraction of sp³-hybridized carbons (Fsp3) is 0.462. The van der Waals surface area contributed by atoms with Crippen LogP contribution in [0.3, 0.4) is 0 Å². The predicted molar refractivity (Wildman–Crippen MR) is 143 cm³/mol. The maximum Gasteiger partial charge on any atom is 0.241 e. The highest BCUT2D eigenvalue weighted by Gasteiger charge is 2.47. The smallest absolute Gasteiger partial charge is 0.241 e. The van der Waals surface area contributed by atoms with Crippen LogP contribution in [-0.4, -0.2) is 59.5 Å². The Labute approximate surface area is 221 Å². The monoisotopic (exact) mass is 525 g/mol. The number of amides is 2. The average molecular weight is 526 g/mol. The lowest BCUT2D eigenvalue weighted by Crippen LogP contribution is -2.41. The molecule has 196 valence electrons. The van der Waals surface area contributed by atoms with Crippen LogP contribution in [0.15, 0.2) is 30.5 Å². The first kappa shape index (κ1) is 25.3. The summed E-state index contributed by atoms with van der Waals surface area (Å²) in [4.78, 5) is 37.9. The van der Waals surface area contributed by atoms with Gasteiger partial charge in [-0.3, -0.25) is 14.5 Å². The molecule has 2 amide bonds. The first-order valence-electron chi connectivity index (χ1n) is 12.6. The number of halogens is 1. The minimum atomic E-state index is -0.329. The molecule has 0 saturated heterocycles. The van der Waals surface area contributed by atoms with E-state index >= 15 is 0 Å². The van der Waals surface area contributed by atoms with Crippen molar-refractivity contribution in [3.63, 3.8) is 0 Å². The molecule has 1 aliphatic heterocycles. The maximum absolute atomic E-state index is 12.9. The number of hydrogen-bond acceptors (Lipinski definition) is 8. The van der Waals surface area contributed by atoms with Crippen LogP contribution in [-0.2, 0) is 16.1 Å². The zero-order valence-corrected chi connectivity index (χ0v) is 22.0. The van der Waals surface area contributed by atoms with Crippen molar-refractivity contribution in [3.05, 3.63) is 41.1 Å². The fourth-order valence-electron chi connectivity index (χ4n) is 5.75. The number of likely N-dealkylation sites (N-methyl/N-ethyl adjacent to an activating group) is 2. The predicted octanol–water partition coefficient (Wildman–Crippen LogP) is 3.16. The third kappa shape index (κ3) is 4.71. The number of fused-ring (bicyclic) bond motifs is 3. The van der Waals surface area contributed by atoms with Crippen LogP contribution >= 0.6 is 11.6 Å². The van der Waals surface area contributed by atoms with E-state index < -0.39 is 0 Å². The summed E-state index contributed by atoms with van der Waals surface area (Å²) in [6.45, 7) is 6.35. The van der Waals surface area contributed by atoms with Gasteiger partial charge < -0.3 is 26.0 Å². The number of anilines is 4. The summed E-state index contributed by atoms with van der Waals surface area (Å²) in [5, 5.41) is 6.93. The van der Waals surface area contributed by atoms with Gasteiger partial charge in [0.25, 0.3) is 0 Å². The molecule has 2 heterocycles. The number of hydrogen-bond donors (Lipinski definition) is 3. The second-order valence-electron chi connectivity index (χ2n) is 9.68. The Morgan fingerprint density at radius 2 is 2.00 bits per heavy atom. The molecule has 10 nitrogen and oxygen atoms in total. The topological polar surface area (TPSA) is 126 Å². The molecule has 1 aromatic heterocycles. The summed E-state index contributed by atoms with van der Waals surface area (Å²) in [6.07, 6.45) is 6.59. The highest BCUT2D eigenvalue weighted by atomic mass is 35.5. The van der Waals surface area contributed by atoms with Crippen LogP contribution in [0.1, 0.15) is 25.8 Å². The van der Waals surface area contributed by atoms with Crippen molar-refractivity contribution in [2.45, 2.75) is 32.9 Å². The molecule has 2 aromatic rings. The van der Waals surface area contributed by atoms with E-state index in [1.807, 2.05) is 26.0 Å². The molecule has 11 heteroatoms. The first-order valence-corrected chi connectivity index (χ1v) is 13.0. The molecular weight excluding hydrogens is 494 g/mol. The van der Waals surface area contributed by atoms with Crippen molar-refractivity contribution < 1.29 is 14.3 Å². The largest absolute Gasteiger partial charge is 0.495 e. The van der Waals surface area contributed by atoms with Crippen LogP contribution in [0, 0.1) is 17.8 Å². The van der Waals surface area contributed by atoms with E-state index in [0.717, 1.165) is 24.2 Å². The number of nitrogens with zero attached hydrogens (tertiary/aromatic N) is 4. The van der Waals surface area contributed by atoms with Crippen molar-refractivity contribution in [3.8, 4) is 5.75 Å². The summed E-state index contributed by atoms with van der Waals surface area (Å²) in [5.74, 6) is 1.07. The molecule has 0 spiro atoms. The second-order valence-corrected chi connectivity index (χ2v) is 10.1. The maximum atomic E-state index is 12.9. The van der Waals surface area contributed by atoms with Gasteiger partial charge in [0, 0.05) is 19.1 Å². The van der Waals surface area contributed by atoms with Crippen molar-refractivity contribution in [2.24, 2.45) is 23.5 Å². The van der Waals surface area contributed by atoms with Gasteiger partial charge in [0.05, 0.1) is 37.1 Å². The first-order chi connectivity index (χ1) is 17.8. The standard InChI is InChI=1S/C26H32ClN7O3/c1-4-33-12-16-9-20(37-3)18(10-19(16)34(5-2)21(35)13-33)30-26-29-11-17(27)25(32-26)31-23-15-7-6-14(8-15)22(23)24(28)36/h6-7,9-11,14-15,22-23H,4-5,8,12-13H2,1-3H3,(H2,28,36)(H2,29,30,31,32)/t14-,15+,22-,23?/m1/s1. The van der Waals surface area contributed by atoms with Gasteiger partial charge >= 0.3 is 0 Å². The third-order valence-corrected chi connectivity index (χ3v) is 7.87. The van der Waals surface area contributed by atoms with Gasteiger partial charge in [-0.1, -0.05) is 30.7 Å². The minimum Gasteiger partial charge on any atom is -0.495 e. The van der Waals surface area contributed by atoms with E-state index in [-0.39, 0.29) is 35.6 Å². The van der Waals surface area contributed by atoms with Crippen LogP contribution in [0.5, 0.6) is 5.75 Å². The molecule has 1 aromatic carbocycles. The van der Waals surface area contributed by atoms with E-state index in [4.69, 9.17) is 22.1 Å². The quantitative estimate of drug-likeness (QED) is 0.449. The molecule has 2 bridgehead atoms. The molecule has 0 radical (unpaired) electrons. The van der Waals surface area contributed by atoms with Crippen molar-refractivity contribution in [2.75, 3.05) is 42.3 Å². The summed E-state index contributed by atoms with van der Waals surface area (Å²) < 4.78 is 5.68. The van der Waals surface area contributed by atoms with Crippen LogP contribution in [0.25, 0.3) is 0 Å². The Morgan fingerprint density at radius 3 is 2.70 bits per heavy atom. The van der Waals surface area contributed by atoms with E-state index in [0.29, 0.717) is 47.9 Å². The minimum absolute atomic E-state index is 0.0531. The lowest BCUT2D eigenvalue weighted by molar-refractivity contribution is -0.122. The number of carbonyl (C=O) groups excluding carboxylic acids is 2. The van der Waals surface area contributed by atoms with Crippen molar-refractivity contribution in [1.82, 2.24) is 14.9 Å². The number of primary amides is 1. The summed E-state index contributed by atoms with van der Waals surface area (Å²) in [5.41, 5.74) is 8.18. The summed E-state index contributed by atoms with van der Waals surface area (Å²) >= 11 is 6.44. The molecule has 2 aliphatic carbocycles. The highest BCUT2D eigenvalue weighted by Crippen LogP contribution is 2.45. The number of allylic oxidation sites excluding steroid dienone is 1. The molecule has 4 atom stereocenters. The number of aromatic nitrogens is 2. The van der Waals surface area contributed by atoms with Gasteiger partial charge in [-0.25, -0.2) is 4.98 Å². The Balaban J connectivity index is 1.45. The second kappa shape index (κ2) is 10.2. The Hall–Kier alpha value is -3.37. The van der Waals surface area contributed by atoms with Gasteiger partial charge in [-0.2, -0.15) is 4.98 Å². The molecule has 3 aliphatic rings. The molecule has 1 saturated carbocycles. The van der Waals surface area contributed by atoms with Crippen LogP contribution in [0.4, 0.5) is 23.1 Å². The van der Waals surface area contributed by atoms with Crippen LogP contribution < -0.4 is 26.0 Å². The number of carbonyl (C=O) groups is 2. The fourth-order valence-corrected chi connectivity index (χ4v) is 5.89. The summed E-state index contributed by atoms with van der Waals surface area (Å²) in [7, 11) is 1.60. The van der Waals surface area contributed by atoms with E-state index in [9.17, 15) is 9.59 Å². The van der Waals surface area contributed by atoms with E-state index in [2.05, 4.69) is 37.7 Å². The molecule has 1 fully saturated rings. The lowest BCUT2D eigenvalue weighted by atomic mass is 9.88. The van der Waals surface area contributed by atoms with E-state index in [1.54, 1.807) is 12.0 Å². The highest BCUT2D eigenvalue weighted by molar-refractivity contribution is 6.32. The van der Waals surface area contributed by atoms with Crippen LogP contribution in [0.2, 0.25) is 5.02 Å². The third-order valence-electron chi connectivity index (χ3n) is 7.59. The van der Waals surface area contributed by atoms with Gasteiger partial charge in [0.2, 0.25) is 17.8 Å². The average Bonchev–Trinajstić information content (AvgIpc) is 3.45.